The van der Waals surface area contributed by atoms with Crippen molar-refractivity contribution < 1.29 is 9.90 Å². The molecule has 0 radical (unpaired) electrons. The molecule has 2 N–H and O–H groups in total. The highest BCUT2D eigenvalue weighted by Crippen LogP contribution is 2.36. The average molecular weight is 296 g/mol. The molecule has 3 nitrogen and oxygen atoms in total. The number of phenolic OH excluding ortho intramolecular Hbond substituents is 1. The van der Waals surface area contributed by atoms with Crippen LogP contribution >= 0.6 is 11.6 Å². The van der Waals surface area contributed by atoms with Crippen molar-refractivity contribution in [2.45, 2.75) is 39.0 Å². The lowest BCUT2D eigenvalue weighted by atomic mass is 9.75. The topological polar surface area (TPSA) is 49.3 Å². The first-order valence-electron chi connectivity index (χ1n) is 7.20. The lowest BCUT2D eigenvalue weighted by Gasteiger charge is -2.35. The highest BCUT2D eigenvalue weighted by Gasteiger charge is 2.31. The van der Waals surface area contributed by atoms with Crippen LogP contribution in [0.1, 0.15) is 48.0 Å². The molecule has 1 aromatic rings. The van der Waals surface area contributed by atoms with Crippen LogP contribution < -0.4 is 5.32 Å². The van der Waals surface area contributed by atoms with Crippen LogP contribution in [-0.2, 0) is 0 Å². The van der Waals surface area contributed by atoms with E-state index in [0.29, 0.717) is 18.0 Å². The van der Waals surface area contributed by atoms with Gasteiger partial charge in [-0.1, -0.05) is 19.3 Å². The van der Waals surface area contributed by atoms with Gasteiger partial charge >= 0.3 is 0 Å². The fourth-order valence-electron chi connectivity index (χ4n) is 2.93. The lowest BCUT2D eigenvalue weighted by molar-refractivity contribution is 0.0920. The summed E-state index contributed by atoms with van der Waals surface area (Å²) in [4.78, 5) is 12.2. The minimum atomic E-state index is -0.0856. The van der Waals surface area contributed by atoms with Crippen molar-refractivity contribution in [3.63, 3.8) is 0 Å². The average Bonchev–Trinajstić information content (AvgIpc) is 2.46. The summed E-state index contributed by atoms with van der Waals surface area (Å²) in [7, 11) is 0. The molecule has 0 unspecified atom stereocenters. The van der Waals surface area contributed by atoms with E-state index in [0.717, 1.165) is 18.4 Å². The number of carbonyl (C=O) groups is 1. The summed E-state index contributed by atoms with van der Waals surface area (Å²) < 4.78 is 0. The molecule has 4 heteroatoms. The minimum absolute atomic E-state index is 0.0558. The highest BCUT2D eigenvalue weighted by atomic mass is 35.5. The third-order valence-electron chi connectivity index (χ3n) is 4.28. The molecule has 1 aliphatic carbocycles. The normalized spacial score (nSPS) is 17.7. The fraction of sp³-hybridized carbons (Fsp3) is 0.562. The molecule has 0 aliphatic heterocycles. The van der Waals surface area contributed by atoms with Gasteiger partial charge in [-0.15, -0.1) is 11.6 Å². The maximum absolute atomic E-state index is 12.2. The number of alkyl halides is 1. The zero-order valence-corrected chi connectivity index (χ0v) is 12.7. The van der Waals surface area contributed by atoms with Crippen LogP contribution in [0.2, 0.25) is 0 Å². The maximum atomic E-state index is 12.2. The standard InChI is InChI=1S/C16H22ClNO2/c1-12-9-13(19)5-6-14(12)15(20)18-11-16(10-17)7-3-2-4-8-16/h5-6,9,19H,2-4,7-8,10-11H2,1H3,(H,18,20). The summed E-state index contributed by atoms with van der Waals surface area (Å²) in [5, 5.41) is 12.4. The Morgan fingerprint density at radius 3 is 2.65 bits per heavy atom. The predicted octanol–water partition coefficient (Wildman–Crippen LogP) is 3.62. The second kappa shape index (κ2) is 6.49. The monoisotopic (exact) mass is 295 g/mol. The quantitative estimate of drug-likeness (QED) is 0.834. The molecular formula is C16H22ClNO2. The van der Waals surface area contributed by atoms with E-state index < -0.39 is 0 Å². The molecule has 0 saturated heterocycles. The van der Waals surface area contributed by atoms with E-state index in [1.807, 2.05) is 6.92 Å². The first-order valence-corrected chi connectivity index (χ1v) is 7.74. The van der Waals surface area contributed by atoms with E-state index in [-0.39, 0.29) is 17.1 Å². The molecule has 0 atom stereocenters. The third kappa shape index (κ3) is 3.45. The lowest BCUT2D eigenvalue weighted by Crippen LogP contribution is -2.40. The van der Waals surface area contributed by atoms with Gasteiger partial charge in [0.1, 0.15) is 5.75 Å². The number of hydrogen-bond acceptors (Lipinski definition) is 2. The smallest absolute Gasteiger partial charge is 0.251 e. The van der Waals surface area contributed by atoms with Crippen LogP contribution in [-0.4, -0.2) is 23.4 Å². The van der Waals surface area contributed by atoms with Crippen LogP contribution in [0.4, 0.5) is 0 Å². The molecule has 0 spiro atoms. The van der Waals surface area contributed by atoms with Crippen LogP contribution in [0.25, 0.3) is 0 Å². The Hall–Kier alpha value is -1.22. The van der Waals surface area contributed by atoms with Gasteiger partial charge in [0, 0.05) is 23.4 Å². The van der Waals surface area contributed by atoms with E-state index in [9.17, 15) is 9.90 Å². The first-order chi connectivity index (χ1) is 9.56. The molecular weight excluding hydrogens is 274 g/mol. The van der Waals surface area contributed by atoms with Crippen molar-refractivity contribution >= 4 is 17.5 Å². The van der Waals surface area contributed by atoms with Gasteiger partial charge in [0.05, 0.1) is 0 Å². The molecule has 0 bridgehead atoms. The summed E-state index contributed by atoms with van der Waals surface area (Å²) in [6.45, 7) is 2.46. The molecule has 20 heavy (non-hydrogen) atoms. The Kier molecular flexibility index (Phi) is 4.92. The molecule has 0 heterocycles. The Balaban J connectivity index is 2.00. The van der Waals surface area contributed by atoms with E-state index >= 15 is 0 Å². The van der Waals surface area contributed by atoms with E-state index in [2.05, 4.69) is 5.32 Å². The number of nitrogens with one attached hydrogen (secondary N) is 1. The third-order valence-corrected chi connectivity index (χ3v) is 4.84. The summed E-state index contributed by atoms with van der Waals surface area (Å²) >= 11 is 6.13. The number of rotatable bonds is 4. The van der Waals surface area contributed by atoms with Crippen molar-refractivity contribution in [3.05, 3.63) is 29.3 Å². The first kappa shape index (κ1) is 15.2. The van der Waals surface area contributed by atoms with Gasteiger partial charge in [0.15, 0.2) is 0 Å². The van der Waals surface area contributed by atoms with Crippen molar-refractivity contribution in [1.82, 2.24) is 5.32 Å². The number of phenols is 1. The Morgan fingerprint density at radius 2 is 2.05 bits per heavy atom. The van der Waals surface area contributed by atoms with Crippen molar-refractivity contribution in [2.75, 3.05) is 12.4 Å². The zero-order valence-electron chi connectivity index (χ0n) is 11.9. The zero-order chi connectivity index (χ0) is 14.6. The maximum Gasteiger partial charge on any atom is 0.251 e. The number of hydrogen-bond donors (Lipinski definition) is 2. The number of carbonyl (C=O) groups excluding carboxylic acids is 1. The molecule has 2 rings (SSSR count). The molecule has 1 aliphatic rings. The van der Waals surface area contributed by atoms with Crippen molar-refractivity contribution in [2.24, 2.45) is 5.41 Å². The van der Waals surface area contributed by atoms with E-state index in [1.165, 1.54) is 19.3 Å². The van der Waals surface area contributed by atoms with E-state index in [1.54, 1.807) is 18.2 Å². The number of halogens is 1. The fourth-order valence-corrected chi connectivity index (χ4v) is 3.29. The SMILES string of the molecule is Cc1cc(O)ccc1C(=O)NCC1(CCl)CCCCC1. The van der Waals surface area contributed by atoms with Gasteiger partial charge < -0.3 is 10.4 Å². The second-order valence-corrected chi connectivity index (χ2v) is 6.14. The second-order valence-electron chi connectivity index (χ2n) is 5.88. The molecule has 1 aromatic carbocycles. The summed E-state index contributed by atoms with van der Waals surface area (Å²) in [5.41, 5.74) is 1.45. The minimum Gasteiger partial charge on any atom is -0.508 e. The predicted molar refractivity (Wildman–Crippen MR) is 81.4 cm³/mol. The van der Waals surface area contributed by atoms with Gasteiger partial charge in [-0.3, -0.25) is 4.79 Å². The Morgan fingerprint density at radius 1 is 1.35 bits per heavy atom. The summed E-state index contributed by atoms with van der Waals surface area (Å²) in [6, 6.07) is 4.81. The van der Waals surface area contributed by atoms with Crippen molar-refractivity contribution in [3.8, 4) is 5.75 Å². The van der Waals surface area contributed by atoms with Crippen LogP contribution in [0.3, 0.4) is 0 Å². The number of benzene rings is 1. The van der Waals surface area contributed by atoms with Gasteiger partial charge in [-0.05, 0) is 43.5 Å². The Bertz CT molecular complexity index is 481. The van der Waals surface area contributed by atoms with Crippen LogP contribution in [0.5, 0.6) is 5.75 Å². The molecule has 110 valence electrons. The number of aromatic hydroxyl groups is 1. The van der Waals surface area contributed by atoms with Crippen LogP contribution in [0, 0.1) is 12.3 Å². The van der Waals surface area contributed by atoms with Gasteiger partial charge in [0.2, 0.25) is 0 Å². The van der Waals surface area contributed by atoms with Gasteiger partial charge in [-0.25, -0.2) is 0 Å². The van der Waals surface area contributed by atoms with E-state index in [4.69, 9.17) is 11.6 Å². The molecule has 0 aromatic heterocycles. The Labute approximate surface area is 125 Å². The van der Waals surface area contributed by atoms with Crippen LogP contribution in [0.15, 0.2) is 18.2 Å². The summed E-state index contributed by atoms with van der Waals surface area (Å²) in [6.07, 6.45) is 5.84. The highest BCUT2D eigenvalue weighted by molar-refractivity contribution is 6.18. The van der Waals surface area contributed by atoms with Crippen molar-refractivity contribution in [1.29, 1.82) is 0 Å². The number of aryl methyl sites for hydroxylation is 1. The van der Waals surface area contributed by atoms with Gasteiger partial charge in [0.25, 0.3) is 5.91 Å². The molecule has 1 saturated carbocycles. The summed E-state index contributed by atoms with van der Waals surface area (Å²) in [5.74, 6) is 0.697. The number of amides is 1. The largest absolute Gasteiger partial charge is 0.508 e. The molecule has 1 fully saturated rings. The molecule has 1 amide bonds. The van der Waals surface area contributed by atoms with Gasteiger partial charge in [-0.2, -0.15) is 0 Å².